The molecule has 0 saturated carbocycles. The number of para-hydroxylation sites is 1. The topological polar surface area (TPSA) is 58.0 Å². The summed E-state index contributed by atoms with van der Waals surface area (Å²) < 4.78 is 0.705. The van der Waals surface area contributed by atoms with Gasteiger partial charge in [0, 0.05) is 31.0 Å². The normalized spacial score (nSPS) is 10.6. The highest BCUT2D eigenvalue weighted by Crippen LogP contribution is 2.27. The molecule has 2 N–H and O–H groups in total. The number of benzene rings is 1. The summed E-state index contributed by atoms with van der Waals surface area (Å²) in [7, 11) is 0. The van der Waals surface area contributed by atoms with Gasteiger partial charge in [-0.1, -0.05) is 12.1 Å². The Labute approximate surface area is 114 Å². The van der Waals surface area contributed by atoms with Crippen molar-refractivity contribution in [2.24, 2.45) is 0 Å². The zero-order valence-electron chi connectivity index (χ0n) is 10.0. The van der Waals surface area contributed by atoms with Crippen LogP contribution in [0.15, 0.2) is 35.1 Å². The fourth-order valence-corrected chi connectivity index (χ4v) is 1.95. The lowest BCUT2D eigenvalue weighted by Crippen LogP contribution is -2.14. The first kappa shape index (κ1) is 13.0. The van der Waals surface area contributed by atoms with Gasteiger partial charge in [-0.15, -0.1) is 0 Å². The van der Waals surface area contributed by atoms with Gasteiger partial charge < -0.3 is 10.4 Å². The highest BCUT2D eigenvalue weighted by molar-refractivity contribution is 9.10. The van der Waals surface area contributed by atoms with Gasteiger partial charge in [0.05, 0.1) is 15.9 Å². The van der Waals surface area contributed by atoms with Gasteiger partial charge in [0.1, 0.15) is 5.75 Å². The standard InChI is InChI=1S/C13H14BrN3O/c1-9-5-17-11(8-16-9)7-15-6-10-3-2-4-12(14)13(10)18/h2-5,8,15,18H,6-7H2,1H3. The van der Waals surface area contributed by atoms with Crippen LogP contribution in [0.25, 0.3) is 0 Å². The summed E-state index contributed by atoms with van der Waals surface area (Å²) in [6, 6.07) is 5.59. The summed E-state index contributed by atoms with van der Waals surface area (Å²) in [5.41, 5.74) is 2.64. The van der Waals surface area contributed by atoms with E-state index in [0.717, 1.165) is 17.0 Å². The molecule has 0 aliphatic carbocycles. The largest absolute Gasteiger partial charge is 0.506 e. The maximum atomic E-state index is 9.82. The minimum Gasteiger partial charge on any atom is -0.506 e. The van der Waals surface area contributed by atoms with E-state index in [4.69, 9.17) is 0 Å². The number of hydrogen-bond acceptors (Lipinski definition) is 4. The van der Waals surface area contributed by atoms with Crippen LogP contribution in [0.5, 0.6) is 5.75 Å². The Kier molecular flexibility index (Phi) is 4.28. The molecule has 0 unspecified atom stereocenters. The van der Waals surface area contributed by atoms with Gasteiger partial charge in [0.25, 0.3) is 0 Å². The molecule has 2 aromatic rings. The molecule has 0 fully saturated rings. The van der Waals surface area contributed by atoms with Crippen molar-refractivity contribution < 1.29 is 5.11 Å². The van der Waals surface area contributed by atoms with Crippen molar-refractivity contribution in [3.8, 4) is 5.75 Å². The zero-order chi connectivity index (χ0) is 13.0. The van der Waals surface area contributed by atoms with E-state index in [9.17, 15) is 5.11 Å². The van der Waals surface area contributed by atoms with Crippen molar-refractivity contribution in [3.63, 3.8) is 0 Å². The number of aryl methyl sites for hydroxylation is 1. The second-order valence-electron chi connectivity index (χ2n) is 4.00. The van der Waals surface area contributed by atoms with Crippen molar-refractivity contribution in [2.45, 2.75) is 20.0 Å². The molecule has 94 valence electrons. The van der Waals surface area contributed by atoms with Gasteiger partial charge in [0.2, 0.25) is 0 Å². The Morgan fingerprint density at radius 2 is 2.06 bits per heavy atom. The number of halogens is 1. The zero-order valence-corrected chi connectivity index (χ0v) is 11.6. The summed E-state index contributed by atoms with van der Waals surface area (Å²) in [6.07, 6.45) is 3.50. The Bertz CT molecular complexity index is 528. The number of phenols is 1. The SMILES string of the molecule is Cc1cnc(CNCc2cccc(Br)c2O)cn1. The van der Waals surface area contributed by atoms with Crippen LogP contribution in [0.4, 0.5) is 0 Å². The molecule has 0 atom stereocenters. The quantitative estimate of drug-likeness (QED) is 0.911. The highest BCUT2D eigenvalue weighted by atomic mass is 79.9. The summed E-state index contributed by atoms with van der Waals surface area (Å²) in [4.78, 5) is 8.43. The van der Waals surface area contributed by atoms with Crippen molar-refractivity contribution in [1.29, 1.82) is 0 Å². The maximum absolute atomic E-state index is 9.82. The number of rotatable bonds is 4. The van der Waals surface area contributed by atoms with E-state index in [1.54, 1.807) is 12.4 Å². The van der Waals surface area contributed by atoms with Crippen LogP contribution < -0.4 is 5.32 Å². The van der Waals surface area contributed by atoms with E-state index in [-0.39, 0.29) is 5.75 Å². The van der Waals surface area contributed by atoms with Crippen molar-refractivity contribution in [2.75, 3.05) is 0 Å². The molecule has 0 aliphatic heterocycles. The molecular weight excluding hydrogens is 294 g/mol. The molecule has 18 heavy (non-hydrogen) atoms. The van der Waals surface area contributed by atoms with Gasteiger partial charge in [-0.3, -0.25) is 9.97 Å². The summed E-state index contributed by atoms with van der Waals surface area (Å²) >= 11 is 3.29. The Morgan fingerprint density at radius 3 is 2.78 bits per heavy atom. The lowest BCUT2D eigenvalue weighted by Gasteiger charge is -2.07. The van der Waals surface area contributed by atoms with Crippen molar-refractivity contribution >= 4 is 15.9 Å². The minimum absolute atomic E-state index is 0.278. The molecule has 0 bridgehead atoms. The number of nitrogens with one attached hydrogen (secondary N) is 1. The van der Waals surface area contributed by atoms with Crippen molar-refractivity contribution in [3.05, 3.63) is 52.0 Å². The van der Waals surface area contributed by atoms with Crippen molar-refractivity contribution in [1.82, 2.24) is 15.3 Å². The Morgan fingerprint density at radius 1 is 1.22 bits per heavy atom. The highest BCUT2D eigenvalue weighted by Gasteiger charge is 2.04. The van der Waals surface area contributed by atoms with Crippen LogP contribution in [0.2, 0.25) is 0 Å². The van der Waals surface area contributed by atoms with E-state index < -0.39 is 0 Å². The van der Waals surface area contributed by atoms with E-state index in [1.165, 1.54) is 0 Å². The van der Waals surface area contributed by atoms with Crippen LogP contribution >= 0.6 is 15.9 Å². The second kappa shape index (κ2) is 5.93. The van der Waals surface area contributed by atoms with Crippen LogP contribution in [-0.2, 0) is 13.1 Å². The molecule has 5 heteroatoms. The first-order valence-corrected chi connectivity index (χ1v) is 6.40. The molecular formula is C13H14BrN3O. The molecule has 1 aromatic carbocycles. The molecule has 0 amide bonds. The number of aromatic nitrogens is 2. The van der Waals surface area contributed by atoms with E-state index in [1.807, 2.05) is 25.1 Å². The Hall–Kier alpha value is -1.46. The predicted octanol–water partition coefficient (Wildman–Crippen LogP) is 2.54. The number of aromatic hydroxyl groups is 1. The van der Waals surface area contributed by atoms with Gasteiger partial charge in [-0.2, -0.15) is 0 Å². The Balaban J connectivity index is 1.92. The van der Waals surface area contributed by atoms with Gasteiger partial charge >= 0.3 is 0 Å². The van der Waals surface area contributed by atoms with Gasteiger partial charge in [-0.05, 0) is 28.9 Å². The summed E-state index contributed by atoms with van der Waals surface area (Å²) in [6.45, 7) is 3.11. The average Bonchev–Trinajstić information content (AvgIpc) is 2.37. The minimum atomic E-state index is 0.278. The summed E-state index contributed by atoms with van der Waals surface area (Å²) in [5, 5.41) is 13.0. The molecule has 0 radical (unpaired) electrons. The van der Waals surface area contributed by atoms with E-state index >= 15 is 0 Å². The molecule has 0 saturated heterocycles. The third kappa shape index (κ3) is 3.27. The van der Waals surface area contributed by atoms with Crippen LogP contribution in [-0.4, -0.2) is 15.1 Å². The molecule has 0 aliphatic rings. The molecule has 1 heterocycles. The number of nitrogens with zero attached hydrogens (tertiary/aromatic N) is 2. The third-order valence-electron chi connectivity index (χ3n) is 2.53. The molecule has 4 nitrogen and oxygen atoms in total. The van der Waals surface area contributed by atoms with Crippen LogP contribution in [0.3, 0.4) is 0 Å². The molecule has 2 rings (SSSR count). The monoisotopic (exact) mass is 307 g/mol. The number of hydrogen-bond donors (Lipinski definition) is 2. The third-order valence-corrected chi connectivity index (χ3v) is 3.17. The van der Waals surface area contributed by atoms with Crippen LogP contribution in [0.1, 0.15) is 17.0 Å². The number of phenolic OH excluding ortho intramolecular Hbond substituents is 1. The van der Waals surface area contributed by atoms with Crippen LogP contribution in [0, 0.1) is 6.92 Å². The smallest absolute Gasteiger partial charge is 0.134 e. The van der Waals surface area contributed by atoms with Gasteiger partial charge in [-0.25, -0.2) is 0 Å². The average molecular weight is 308 g/mol. The summed E-state index contributed by atoms with van der Waals surface area (Å²) in [5.74, 6) is 0.278. The maximum Gasteiger partial charge on any atom is 0.134 e. The lowest BCUT2D eigenvalue weighted by atomic mass is 10.2. The second-order valence-corrected chi connectivity index (χ2v) is 4.85. The van der Waals surface area contributed by atoms with Gasteiger partial charge in [0.15, 0.2) is 0 Å². The first-order valence-electron chi connectivity index (χ1n) is 5.61. The fourth-order valence-electron chi connectivity index (χ4n) is 1.54. The molecule has 1 aromatic heterocycles. The predicted molar refractivity (Wildman–Crippen MR) is 73.1 cm³/mol. The molecule has 0 spiro atoms. The lowest BCUT2D eigenvalue weighted by molar-refractivity contribution is 0.461. The van der Waals surface area contributed by atoms with E-state index in [0.29, 0.717) is 17.6 Å². The van der Waals surface area contributed by atoms with E-state index in [2.05, 4.69) is 31.2 Å². The first-order chi connectivity index (χ1) is 8.66. The fraction of sp³-hybridized carbons (Fsp3) is 0.231.